The summed E-state index contributed by atoms with van der Waals surface area (Å²) in [5, 5.41) is 10.1. The largest absolute Gasteiger partial charge is 0.434 e. The number of aryl methyl sites for hydroxylation is 1. The highest BCUT2D eigenvalue weighted by molar-refractivity contribution is 5.95. The first-order chi connectivity index (χ1) is 12.8. The number of nitrogens with one attached hydrogen (secondary N) is 2. The lowest BCUT2D eigenvalue weighted by atomic mass is 9.99. The smallest absolute Gasteiger partial charge is 0.349 e. The second-order valence-corrected chi connectivity index (χ2v) is 7.43. The number of nitrogens with zero attached hydrogens (tertiary/aromatic N) is 2. The van der Waals surface area contributed by atoms with E-state index in [9.17, 15) is 18.0 Å². The molecule has 9 heteroatoms. The highest BCUT2D eigenvalue weighted by Gasteiger charge is 2.41. The second-order valence-electron chi connectivity index (χ2n) is 7.43. The van der Waals surface area contributed by atoms with Crippen molar-refractivity contribution in [2.45, 2.75) is 56.9 Å². The molecule has 152 valence electrons. The number of hydrogen-bond acceptors (Lipinski definition) is 3. The van der Waals surface area contributed by atoms with Gasteiger partial charge < -0.3 is 10.6 Å². The van der Waals surface area contributed by atoms with Gasteiger partial charge in [-0.2, -0.15) is 18.3 Å². The van der Waals surface area contributed by atoms with Gasteiger partial charge in [-0.15, -0.1) is 12.4 Å². The molecule has 0 radical (unpaired) electrons. The normalized spacial score (nSPS) is 23.9. The van der Waals surface area contributed by atoms with Gasteiger partial charge in [-0.25, -0.2) is 4.68 Å². The van der Waals surface area contributed by atoms with E-state index in [1.807, 2.05) is 6.92 Å². The maximum Gasteiger partial charge on any atom is 0.434 e. The fourth-order valence-corrected chi connectivity index (χ4v) is 4.11. The van der Waals surface area contributed by atoms with Crippen LogP contribution in [0.5, 0.6) is 0 Å². The Morgan fingerprint density at radius 2 is 1.79 bits per heavy atom. The van der Waals surface area contributed by atoms with Crippen LogP contribution in [0.3, 0.4) is 0 Å². The van der Waals surface area contributed by atoms with Crippen LogP contribution >= 0.6 is 12.4 Å². The summed E-state index contributed by atoms with van der Waals surface area (Å²) >= 11 is 0. The highest BCUT2D eigenvalue weighted by Crippen LogP contribution is 2.34. The topological polar surface area (TPSA) is 59.0 Å². The van der Waals surface area contributed by atoms with Crippen molar-refractivity contribution < 1.29 is 18.0 Å². The van der Waals surface area contributed by atoms with Crippen LogP contribution in [0.2, 0.25) is 0 Å². The summed E-state index contributed by atoms with van der Waals surface area (Å²) in [4.78, 5) is 12.6. The maximum atomic E-state index is 13.7. The van der Waals surface area contributed by atoms with Gasteiger partial charge in [-0.3, -0.25) is 4.79 Å². The second kappa shape index (κ2) is 7.75. The molecule has 0 spiro atoms. The standard InChI is InChI=1S/C19H21F3N4O.ClH/c1-11-2-6-15(7-3-11)26-17(19(20,21)22)16(10-23-26)18(27)25-14-8-12-4-5-13(9-14)24-12;/h2-3,6-7,10,12-14,24H,4-5,8-9H2,1H3,(H,25,27);1H. The average Bonchev–Trinajstić information content (AvgIpc) is 3.19. The van der Waals surface area contributed by atoms with Gasteiger partial charge >= 0.3 is 6.18 Å². The summed E-state index contributed by atoms with van der Waals surface area (Å²) in [6, 6.07) is 7.11. The van der Waals surface area contributed by atoms with Gasteiger partial charge in [0.2, 0.25) is 0 Å². The van der Waals surface area contributed by atoms with E-state index in [1.165, 1.54) is 0 Å². The predicted molar refractivity (Wildman–Crippen MR) is 101 cm³/mol. The Morgan fingerprint density at radius 1 is 1.18 bits per heavy atom. The van der Waals surface area contributed by atoms with Crippen molar-refractivity contribution in [3.05, 3.63) is 47.3 Å². The molecule has 2 atom stereocenters. The van der Waals surface area contributed by atoms with Crippen molar-refractivity contribution in [2.24, 2.45) is 0 Å². The van der Waals surface area contributed by atoms with E-state index in [-0.39, 0.29) is 24.1 Å². The molecular weight excluding hydrogens is 393 g/mol. The number of piperidine rings is 1. The van der Waals surface area contributed by atoms with Gasteiger partial charge in [0, 0.05) is 18.1 Å². The number of rotatable bonds is 3. The Kier molecular flexibility index (Phi) is 5.72. The van der Waals surface area contributed by atoms with Crippen LogP contribution < -0.4 is 10.6 Å². The van der Waals surface area contributed by atoms with Gasteiger partial charge in [-0.05, 0) is 44.7 Å². The quantitative estimate of drug-likeness (QED) is 0.806. The number of fused-ring (bicyclic) bond motifs is 2. The molecule has 2 N–H and O–H groups in total. The molecule has 2 saturated heterocycles. The van der Waals surface area contributed by atoms with Crippen LogP contribution in [0.15, 0.2) is 30.5 Å². The molecule has 2 unspecified atom stereocenters. The minimum absolute atomic E-state index is 0. The fraction of sp³-hybridized carbons (Fsp3) is 0.474. The monoisotopic (exact) mass is 414 g/mol. The first-order valence-electron chi connectivity index (χ1n) is 9.10. The molecule has 2 aromatic rings. The molecular formula is C19H22ClF3N4O. The summed E-state index contributed by atoms with van der Waals surface area (Å²) in [5.74, 6) is -0.716. The Bertz CT molecular complexity index is 838. The molecule has 5 nitrogen and oxygen atoms in total. The molecule has 3 heterocycles. The first-order valence-corrected chi connectivity index (χ1v) is 9.10. The summed E-state index contributed by atoms with van der Waals surface area (Å²) < 4.78 is 42.0. The zero-order valence-electron chi connectivity index (χ0n) is 15.3. The number of carbonyl (C=O) groups excluding carboxylic acids is 1. The lowest BCUT2D eigenvalue weighted by molar-refractivity contribution is -0.143. The van der Waals surface area contributed by atoms with E-state index in [1.54, 1.807) is 24.3 Å². The molecule has 2 bridgehead atoms. The van der Waals surface area contributed by atoms with Crippen molar-refractivity contribution in [1.82, 2.24) is 20.4 Å². The number of benzene rings is 1. The van der Waals surface area contributed by atoms with E-state index >= 15 is 0 Å². The van der Waals surface area contributed by atoms with E-state index in [2.05, 4.69) is 15.7 Å². The number of halogens is 4. The molecule has 2 aliphatic rings. The van der Waals surface area contributed by atoms with E-state index in [0.29, 0.717) is 12.1 Å². The third-order valence-electron chi connectivity index (χ3n) is 5.37. The zero-order chi connectivity index (χ0) is 19.2. The molecule has 0 saturated carbocycles. The third-order valence-corrected chi connectivity index (χ3v) is 5.37. The molecule has 1 aromatic heterocycles. The van der Waals surface area contributed by atoms with Crippen LogP contribution in [0.4, 0.5) is 13.2 Å². The number of aromatic nitrogens is 2. The number of carbonyl (C=O) groups is 1. The summed E-state index contributed by atoms with van der Waals surface area (Å²) in [5.41, 5.74) is -0.278. The Hall–Kier alpha value is -2.06. The maximum absolute atomic E-state index is 13.7. The van der Waals surface area contributed by atoms with E-state index in [0.717, 1.165) is 42.1 Å². The fourth-order valence-electron chi connectivity index (χ4n) is 4.11. The van der Waals surface area contributed by atoms with Crippen LogP contribution in [0.25, 0.3) is 5.69 Å². The molecule has 1 amide bonds. The van der Waals surface area contributed by atoms with Gasteiger partial charge in [0.05, 0.1) is 17.4 Å². The Labute approximate surface area is 167 Å². The lowest BCUT2D eigenvalue weighted by Crippen LogP contribution is -2.48. The van der Waals surface area contributed by atoms with Crippen molar-refractivity contribution in [3.8, 4) is 5.69 Å². The molecule has 2 aliphatic heterocycles. The van der Waals surface area contributed by atoms with Gasteiger partial charge in [-0.1, -0.05) is 17.7 Å². The Morgan fingerprint density at radius 3 is 2.36 bits per heavy atom. The van der Waals surface area contributed by atoms with Crippen LogP contribution in [-0.4, -0.2) is 33.8 Å². The molecule has 28 heavy (non-hydrogen) atoms. The van der Waals surface area contributed by atoms with Crippen LogP contribution in [0, 0.1) is 6.92 Å². The number of alkyl halides is 3. The third kappa shape index (κ3) is 4.03. The predicted octanol–water partition coefficient (Wildman–Crippen LogP) is 3.63. The van der Waals surface area contributed by atoms with E-state index < -0.39 is 23.3 Å². The molecule has 2 fully saturated rings. The minimum atomic E-state index is -4.69. The number of hydrogen-bond donors (Lipinski definition) is 2. The summed E-state index contributed by atoms with van der Waals surface area (Å²) in [6.07, 6.45) is -0.0906. The van der Waals surface area contributed by atoms with Crippen molar-refractivity contribution in [2.75, 3.05) is 0 Å². The molecule has 0 aliphatic carbocycles. The lowest BCUT2D eigenvalue weighted by Gasteiger charge is -2.29. The van der Waals surface area contributed by atoms with Gasteiger partial charge in [0.25, 0.3) is 5.91 Å². The van der Waals surface area contributed by atoms with Crippen LogP contribution in [0.1, 0.15) is 47.3 Å². The Balaban J connectivity index is 0.00000225. The molecule has 4 rings (SSSR count). The minimum Gasteiger partial charge on any atom is -0.349 e. The summed E-state index contributed by atoms with van der Waals surface area (Å²) in [7, 11) is 0. The molecule has 1 aromatic carbocycles. The number of amides is 1. The van der Waals surface area contributed by atoms with Crippen LogP contribution in [-0.2, 0) is 6.18 Å². The highest BCUT2D eigenvalue weighted by atomic mass is 35.5. The van der Waals surface area contributed by atoms with E-state index in [4.69, 9.17) is 0 Å². The van der Waals surface area contributed by atoms with Crippen molar-refractivity contribution in [3.63, 3.8) is 0 Å². The van der Waals surface area contributed by atoms with Gasteiger partial charge in [0.15, 0.2) is 5.69 Å². The average molecular weight is 415 g/mol. The zero-order valence-corrected chi connectivity index (χ0v) is 16.1. The first kappa shape index (κ1) is 20.7. The van der Waals surface area contributed by atoms with Crippen molar-refractivity contribution in [1.29, 1.82) is 0 Å². The van der Waals surface area contributed by atoms with Crippen molar-refractivity contribution >= 4 is 18.3 Å². The van der Waals surface area contributed by atoms with Gasteiger partial charge in [0.1, 0.15) is 0 Å². The SMILES string of the molecule is Cc1ccc(-n2ncc(C(=O)NC3CC4CCC(C3)N4)c2C(F)(F)F)cc1.Cl. The summed E-state index contributed by atoms with van der Waals surface area (Å²) in [6.45, 7) is 1.85.